The van der Waals surface area contributed by atoms with Crippen LogP contribution in [0.15, 0.2) is 0 Å². The van der Waals surface area contributed by atoms with Gasteiger partial charge in [0.15, 0.2) is 24.6 Å². The van der Waals surface area contributed by atoms with Crippen LogP contribution >= 0.6 is 0 Å². The van der Waals surface area contributed by atoms with Crippen molar-refractivity contribution in [2.24, 2.45) is 0 Å². The Morgan fingerprint density at radius 1 is 0.553 bits per heavy atom. The van der Waals surface area contributed by atoms with Gasteiger partial charge < -0.3 is 53.2 Å². The van der Waals surface area contributed by atoms with Gasteiger partial charge in [-0.25, -0.2) is 0 Å². The van der Waals surface area contributed by atoms with Gasteiger partial charge in [-0.2, -0.15) is 0 Å². The third-order valence-electron chi connectivity index (χ3n) is 5.34. The smallest absolute Gasteiger partial charge is 0.303 e. The van der Waals surface area contributed by atoms with Crippen molar-refractivity contribution in [1.29, 1.82) is 0 Å². The molecule has 0 saturated carbocycles. The highest BCUT2D eigenvalue weighted by Crippen LogP contribution is 2.32. The zero-order valence-corrected chi connectivity index (χ0v) is 21.3. The molecular weight excluding hydrogens is 520 g/mol. The van der Waals surface area contributed by atoms with Crippen LogP contribution in [0.2, 0.25) is 0 Å². The third kappa shape index (κ3) is 8.57. The van der Waals surface area contributed by atoms with Crippen LogP contribution < -0.4 is 0 Å². The van der Waals surface area contributed by atoms with E-state index in [1.165, 1.54) is 0 Å². The molecule has 0 amide bonds. The van der Waals surface area contributed by atoms with Crippen LogP contribution in [0.5, 0.6) is 0 Å². The van der Waals surface area contributed by atoms with E-state index < -0.39 is 104 Å². The lowest BCUT2D eigenvalue weighted by molar-refractivity contribution is -0.377. The minimum Gasteiger partial charge on any atom is -0.463 e. The van der Waals surface area contributed by atoms with Crippen molar-refractivity contribution in [1.82, 2.24) is 0 Å². The second-order valence-electron chi connectivity index (χ2n) is 8.52. The lowest BCUT2D eigenvalue weighted by Crippen LogP contribution is -2.65. The molecular formula is C22H32O16. The maximum atomic E-state index is 11.9. The van der Waals surface area contributed by atoms with Gasteiger partial charge in [-0.3, -0.25) is 24.0 Å². The summed E-state index contributed by atoms with van der Waals surface area (Å²) in [5.74, 6) is -4.03. The van der Waals surface area contributed by atoms with Crippen molar-refractivity contribution < 1.29 is 77.2 Å². The summed E-state index contributed by atoms with van der Waals surface area (Å²) in [4.78, 5) is 58.2. The van der Waals surface area contributed by atoms with Gasteiger partial charge in [0.2, 0.25) is 6.29 Å². The van der Waals surface area contributed by atoms with Crippen molar-refractivity contribution in [2.45, 2.75) is 96.0 Å². The Morgan fingerprint density at radius 2 is 1.00 bits per heavy atom. The van der Waals surface area contributed by atoms with E-state index in [1.807, 2.05) is 0 Å². The van der Waals surface area contributed by atoms with Crippen molar-refractivity contribution >= 4 is 29.8 Å². The molecule has 3 N–H and O–H groups in total. The zero-order chi connectivity index (χ0) is 28.7. The monoisotopic (exact) mass is 552 g/mol. The van der Waals surface area contributed by atoms with Gasteiger partial charge in [0.1, 0.15) is 43.7 Å². The maximum Gasteiger partial charge on any atom is 0.303 e. The van der Waals surface area contributed by atoms with Crippen molar-refractivity contribution in [3.63, 3.8) is 0 Å². The molecule has 0 aromatic heterocycles. The van der Waals surface area contributed by atoms with E-state index in [1.54, 1.807) is 0 Å². The predicted octanol–water partition coefficient (Wildman–Crippen LogP) is -2.54. The summed E-state index contributed by atoms with van der Waals surface area (Å²) in [5, 5.41) is 31.0. The van der Waals surface area contributed by atoms with E-state index in [9.17, 15) is 39.3 Å². The van der Waals surface area contributed by atoms with Gasteiger partial charge >= 0.3 is 29.8 Å². The Labute approximate surface area is 216 Å². The number of carbonyl (C=O) groups is 5. The molecule has 4 unspecified atom stereocenters. The Morgan fingerprint density at radius 3 is 1.50 bits per heavy atom. The number of ether oxygens (including phenoxy) is 8. The number of aliphatic hydroxyl groups is 3. The molecule has 2 heterocycles. The third-order valence-corrected chi connectivity index (χ3v) is 5.34. The number of hydrogen-bond acceptors (Lipinski definition) is 16. The highest BCUT2D eigenvalue weighted by atomic mass is 16.8. The topological polar surface area (TPSA) is 220 Å². The van der Waals surface area contributed by atoms with Crippen LogP contribution in [0.4, 0.5) is 0 Å². The summed E-state index contributed by atoms with van der Waals surface area (Å²) >= 11 is 0. The van der Waals surface area contributed by atoms with Crippen LogP contribution in [-0.2, 0) is 61.9 Å². The molecule has 2 fully saturated rings. The maximum absolute atomic E-state index is 11.9. The van der Waals surface area contributed by atoms with Gasteiger partial charge in [0.25, 0.3) is 0 Å². The van der Waals surface area contributed by atoms with E-state index in [-0.39, 0.29) is 0 Å². The fourth-order valence-corrected chi connectivity index (χ4v) is 3.80. The SMILES string of the molecule is CC(=O)OCC1O[C@H](O[C@H]2O[C@H](COC(C)=O)[C@@H](O)C(O)C2O)C(OC(C)=O)[C@@H](OC(C)=O)[C@@H]1OC(C)=O. The minimum absolute atomic E-state index is 0.515. The van der Waals surface area contributed by atoms with E-state index in [4.69, 9.17) is 37.9 Å². The molecule has 2 saturated heterocycles. The molecule has 0 aliphatic carbocycles. The quantitative estimate of drug-likeness (QED) is 0.198. The normalized spacial score (nSPS) is 34.9. The Balaban J connectivity index is 2.42. The first-order chi connectivity index (χ1) is 17.7. The number of esters is 5. The summed E-state index contributed by atoms with van der Waals surface area (Å²) in [6.45, 7) is 4.28. The highest BCUT2D eigenvalue weighted by Gasteiger charge is 2.55. The predicted molar refractivity (Wildman–Crippen MR) is 116 cm³/mol. The number of hydrogen-bond donors (Lipinski definition) is 3. The molecule has 2 aliphatic rings. The summed E-state index contributed by atoms with van der Waals surface area (Å²) in [7, 11) is 0. The molecule has 2 aliphatic heterocycles. The molecule has 0 radical (unpaired) electrons. The first kappa shape index (κ1) is 31.3. The fourth-order valence-electron chi connectivity index (χ4n) is 3.80. The molecule has 10 atom stereocenters. The second-order valence-corrected chi connectivity index (χ2v) is 8.52. The van der Waals surface area contributed by atoms with Gasteiger partial charge in [-0.15, -0.1) is 0 Å². The number of aliphatic hydroxyl groups excluding tert-OH is 3. The van der Waals surface area contributed by atoms with Crippen LogP contribution in [0.3, 0.4) is 0 Å². The number of carbonyl (C=O) groups excluding carboxylic acids is 5. The molecule has 216 valence electrons. The van der Waals surface area contributed by atoms with Gasteiger partial charge in [0, 0.05) is 34.6 Å². The largest absolute Gasteiger partial charge is 0.463 e. The molecule has 0 aromatic rings. The van der Waals surface area contributed by atoms with Crippen molar-refractivity contribution in [3.05, 3.63) is 0 Å². The molecule has 2 rings (SSSR count). The van der Waals surface area contributed by atoms with Crippen LogP contribution in [0, 0.1) is 0 Å². The van der Waals surface area contributed by atoms with E-state index in [2.05, 4.69) is 0 Å². The molecule has 38 heavy (non-hydrogen) atoms. The van der Waals surface area contributed by atoms with E-state index >= 15 is 0 Å². The van der Waals surface area contributed by atoms with Gasteiger partial charge in [0.05, 0.1) is 0 Å². The fraction of sp³-hybridized carbons (Fsp3) is 0.773. The molecule has 0 spiro atoms. The van der Waals surface area contributed by atoms with E-state index in [0.717, 1.165) is 34.6 Å². The minimum atomic E-state index is -1.88. The molecule has 16 nitrogen and oxygen atoms in total. The van der Waals surface area contributed by atoms with Crippen LogP contribution in [0.1, 0.15) is 34.6 Å². The van der Waals surface area contributed by atoms with Gasteiger partial charge in [-0.1, -0.05) is 0 Å². The van der Waals surface area contributed by atoms with Crippen molar-refractivity contribution in [3.8, 4) is 0 Å². The van der Waals surface area contributed by atoms with Crippen molar-refractivity contribution in [2.75, 3.05) is 13.2 Å². The number of rotatable bonds is 9. The van der Waals surface area contributed by atoms with E-state index in [0.29, 0.717) is 0 Å². The van der Waals surface area contributed by atoms with Crippen LogP contribution in [-0.4, -0.2) is 120 Å². The summed E-state index contributed by atoms with van der Waals surface area (Å²) < 4.78 is 42.4. The lowest BCUT2D eigenvalue weighted by atomic mass is 9.97. The average molecular weight is 552 g/mol. The lowest BCUT2D eigenvalue weighted by Gasteiger charge is -2.46. The first-order valence-electron chi connectivity index (χ1n) is 11.5. The second kappa shape index (κ2) is 13.8. The molecule has 0 bridgehead atoms. The first-order valence-corrected chi connectivity index (χ1v) is 11.5. The summed E-state index contributed by atoms with van der Waals surface area (Å²) in [6, 6.07) is 0. The summed E-state index contributed by atoms with van der Waals surface area (Å²) in [5.41, 5.74) is 0. The molecule has 16 heteroatoms. The Kier molecular flexibility index (Phi) is 11.4. The Hall–Kier alpha value is -2.89. The zero-order valence-electron chi connectivity index (χ0n) is 21.3. The van der Waals surface area contributed by atoms with Gasteiger partial charge in [-0.05, 0) is 0 Å². The Bertz CT molecular complexity index is 875. The standard InChI is InChI=1S/C22H32O16/c1-8(23)31-6-13-15(28)16(29)17(30)21(36-13)38-22-20(35-12(5)27)19(34-11(4)26)18(33-10(3)25)14(37-22)7-32-9(2)24/h13-22,28-30H,6-7H2,1-5H3/t13-,14?,15-,16?,17?,18-,19+,20?,21-,22-/m1/s1. The highest BCUT2D eigenvalue weighted by molar-refractivity contribution is 5.68. The molecule has 0 aromatic carbocycles. The average Bonchev–Trinajstić information content (AvgIpc) is 2.80. The summed E-state index contributed by atoms with van der Waals surface area (Å²) in [6.07, 6.45) is -16.2. The van der Waals surface area contributed by atoms with Crippen LogP contribution in [0.25, 0.3) is 0 Å².